The van der Waals surface area contributed by atoms with Crippen molar-refractivity contribution in [2.75, 3.05) is 12.4 Å². The molecule has 0 aliphatic heterocycles. The minimum atomic E-state index is -0.221. The highest BCUT2D eigenvalue weighted by molar-refractivity contribution is 7.14. The lowest BCUT2D eigenvalue weighted by Crippen LogP contribution is -2.05. The second kappa shape index (κ2) is 6.99. The molecule has 1 N–H and O–H groups in total. The minimum absolute atomic E-state index is 0.221. The number of para-hydroxylation sites is 2. The number of rotatable bonds is 5. The molecular weight excluding hydrogens is 320 g/mol. The molecule has 4 nitrogen and oxygen atoms in total. The predicted octanol–water partition coefficient (Wildman–Crippen LogP) is 4.60. The van der Waals surface area contributed by atoms with Crippen LogP contribution in [0, 0.1) is 11.3 Å². The summed E-state index contributed by atoms with van der Waals surface area (Å²) in [6.07, 6.45) is 0. The predicted molar refractivity (Wildman–Crippen MR) is 95.2 cm³/mol. The molecule has 1 heterocycles. The van der Waals surface area contributed by atoms with Gasteiger partial charge in [-0.1, -0.05) is 30.3 Å². The van der Waals surface area contributed by atoms with Crippen molar-refractivity contribution in [3.8, 4) is 11.8 Å². The Hall–Kier alpha value is -3.10. The first-order chi connectivity index (χ1) is 11.7. The van der Waals surface area contributed by atoms with Crippen molar-refractivity contribution in [3.63, 3.8) is 0 Å². The number of thiophene rings is 1. The van der Waals surface area contributed by atoms with Gasteiger partial charge in [0.15, 0.2) is 5.78 Å². The third kappa shape index (κ3) is 3.00. The van der Waals surface area contributed by atoms with Gasteiger partial charge in [-0.15, -0.1) is 11.3 Å². The van der Waals surface area contributed by atoms with E-state index in [0.29, 0.717) is 27.4 Å². The van der Waals surface area contributed by atoms with Gasteiger partial charge in [-0.2, -0.15) is 5.26 Å². The van der Waals surface area contributed by atoms with E-state index in [2.05, 4.69) is 11.4 Å². The van der Waals surface area contributed by atoms with Gasteiger partial charge in [-0.25, -0.2) is 0 Å². The zero-order valence-corrected chi connectivity index (χ0v) is 13.8. The number of ketones is 1. The molecule has 3 aromatic rings. The monoisotopic (exact) mass is 334 g/mol. The van der Waals surface area contributed by atoms with Crippen molar-refractivity contribution in [3.05, 3.63) is 76.7 Å². The van der Waals surface area contributed by atoms with E-state index in [9.17, 15) is 10.1 Å². The summed E-state index contributed by atoms with van der Waals surface area (Å²) in [4.78, 5) is 12.8. The normalized spacial score (nSPS) is 10.0. The maximum absolute atomic E-state index is 12.8. The molecular formula is C19H14N2O2S. The molecule has 0 saturated carbocycles. The molecule has 3 rings (SSSR count). The van der Waals surface area contributed by atoms with Crippen LogP contribution < -0.4 is 10.1 Å². The number of methoxy groups -OCH3 is 1. The summed E-state index contributed by atoms with van der Waals surface area (Å²) in [5.41, 5.74) is 2.04. The van der Waals surface area contributed by atoms with Gasteiger partial charge in [0.05, 0.1) is 23.8 Å². The number of benzene rings is 2. The fourth-order valence-electron chi connectivity index (χ4n) is 2.36. The third-order valence-corrected chi connectivity index (χ3v) is 4.43. The van der Waals surface area contributed by atoms with Gasteiger partial charge in [0.2, 0.25) is 0 Å². The van der Waals surface area contributed by atoms with E-state index >= 15 is 0 Å². The van der Waals surface area contributed by atoms with Crippen molar-refractivity contribution < 1.29 is 9.53 Å². The number of carbonyl (C=O) groups is 1. The maximum atomic E-state index is 12.8. The lowest BCUT2D eigenvalue weighted by molar-refractivity contribution is 0.103. The average molecular weight is 334 g/mol. The van der Waals surface area contributed by atoms with Crippen LogP contribution >= 0.6 is 11.3 Å². The van der Waals surface area contributed by atoms with Gasteiger partial charge in [0.1, 0.15) is 16.8 Å². The van der Waals surface area contributed by atoms with E-state index in [1.54, 1.807) is 29.6 Å². The van der Waals surface area contributed by atoms with E-state index in [1.807, 2.05) is 30.3 Å². The highest BCUT2D eigenvalue weighted by Gasteiger charge is 2.21. The van der Waals surface area contributed by atoms with Gasteiger partial charge in [-0.3, -0.25) is 4.79 Å². The van der Waals surface area contributed by atoms with Crippen LogP contribution in [0.4, 0.5) is 10.7 Å². The second-order valence-corrected chi connectivity index (χ2v) is 5.87. The molecule has 0 aliphatic carbocycles. The Kier molecular flexibility index (Phi) is 4.59. The second-order valence-electron chi connectivity index (χ2n) is 4.99. The molecule has 0 atom stereocenters. The summed E-state index contributed by atoms with van der Waals surface area (Å²) < 4.78 is 5.25. The first-order valence-corrected chi connectivity index (χ1v) is 8.14. The average Bonchev–Trinajstić information content (AvgIpc) is 3.04. The lowest BCUT2D eigenvalue weighted by atomic mass is 10.0. The third-order valence-electron chi connectivity index (χ3n) is 3.53. The summed E-state index contributed by atoms with van der Waals surface area (Å²) in [5, 5.41) is 15.1. The Labute approximate surface area is 143 Å². The summed E-state index contributed by atoms with van der Waals surface area (Å²) in [5.74, 6) is 0.275. The van der Waals surface area contributed by atoms with Crippen LogP contribution in [0.5, 0.6) is 5.75 Å². The summed E-state index contributed by atoms with van der Waals surface area (Å²) in [6.45, 7) is 0. The number of hydrogen-bond acceptors (Lipinski definition) is 5. The first kappa shape index (κ1) is 15.8. The Morgan fingerprint density at radius 1 is 1.08 bits per heavy atom. The topological polar surface area (TPSA) is 62.1 Å². The molecule has 0 amide bonds. The van der Waals surface area contributed by atoms with Crippen molar-refractivity contribution >= 4 is 27.8 Å². The Morgan fingerprint density at radius 2 is 1.79 bits per heavy atom. The number of nitrogens with one attached hydrogen (secondary N) is 1. The van der Waals surface area contributed by atoms with Gasteiger partial charge < -0.3 is 10.1 Å². The SMILES string of the molecule is COc1ccccc1C(=O)c1csc(Nc2ccccc2)c1C#N. The van der Waals surface area contributed by atoms with Crippen LogP contribution in [-0.4, -0.2) is 12.9 Å². The van der Waals surface area contributed by atoms with E-state index in [4.69, 9.17) is 4.74 Å². The number of nitrogens with zero attached hydrogens (tertiary/aromatic N) is 1. The van der Waals surface area contributed by atoms with E-state index in [0.717, 1.165) is 5.69 Å². The molecule has 0 unspecified atom stereocenters. The molecule has 0 radical (unpaired) electrons. The van der Waals surface area contributed by atoms with Crippen molar-refractivity contribution in [1.82, 2.24) is 0 Å². The van der Waals surface area contributed by atoms with Crippen LogP contribution in [0.15, 0.2) is 60.0 Å². The standard InChI is InChI=1S/C19H14N2O2S/c1-23-17-10-6-5-9-14(17)18(22)16-12-24-19(15(16)11-20)21-13-7-3-2-4-8-13/h2-10,12,21H,1H3. The Balaban J connectivity index is 1.98. The van der Waals surface area contributed by atoms with Crippen molar-refractivity contribution in [1.29, 1.82) is 5.26 Å². The van der Waals surface area contributed by atoms with Gasteiger partial charge >= 0.3 is 0 Å². The van der Waals surface area contributed by atoms with Gasteiger partial charge in [-0.05, 0) is 24.3 Å². The number of hydrogen-bond donors (Lipinski definition) is 1. The number of carbonyl (C=O) groups excluding carboxylic acids is 1. The lowest BCUT2D eigenvalue weighted by Gasteiger charge is -2.07. The fourth-order valence-corrected chi connectivity index (χ4v) is 3.27. The maximum Gasteiger partial charge on any atom is 0.199 e. The van der Waals surface area contributed by atoms with Crippen LogP contribution in [-0.2, 0) is 0 Å². The zero-order chi connectivity index (χ0) is 16.9. The Morgan fingerprint density at radius 3 is 2.50 bits per heavy atom. The molecule has 0 spiro atoms. The van der Waals surface area contributed by atoms with Gasteiger partial charge in [0.25, 0.3) is 0 Å². The smallest absolute Gasteiger partial charge is 0.199 e. The van der Waals surface area contributed by atoms with E-state index < -0.39 is 0 Å². The first-order valence-electron chi connectivity index (χ1n) is 7.26. The van der Waals surface area contributed by atoms with Crippen molar-refractivity contribution in [2.45, 2.75) is 0 Å². The van der Waals surface area contributed by atoms with Crippen molar-refractivity contribution in [2.24, 2.45) is 0 Å². The summed E-state index contributed by atoms with van der Waals surface area (Å²) in [6, 6.07) is 18.7. The summed E-state index contributed by atoms with van der Waals surface area (Å²) >= 11 is 1.34. The largest absolute Gasteiger partial charge is 0.496 e. The molecule has 118 valence electrons. The molecule has 0 saturated heterocycles. The fraction of sp³-hybridized carbons (Fsp3) is 0.0526. The quantitative estimate of drug-likeness (QED) is 0.693. The molecule has 0 aliphatic rings. The summed E-state index contributed by atoms with van der Waals surface area (Å²) in [7, 11) is 1.52. The number of ether oxygens (including phenoxy) is 1. The molecule has 5 heteroatoms. The Bertz CT molecular complexity index is 911. The highest BCUT2D eigenvalue weighted by Crippen LogP contribution is 2.33. The molecule has 2 aromatic carbocycles. The van der Waals surface area contributed by atoms with Crippen LogP contribution in [0.2, 0.25) is 0 Å². The highest BCUT2D eigenvalue weighted by atomic mass is 32.1. The molecule has 0 bridgehead atoms. The number of anilines is 2. The van der Waals surface area contributed by atoms with Gasteiger partial charge in [0, 0.05) is 11.1 Å². The molecule has 1 aromatic heterocycles. The zero-order valence-electron chi connectivity index (χ0n) is 12.9. The molecule has 24 heavy (non-hydrogen) atoms. The molecule has 0 fully saturated rings. The van der Waals surface area contributed by atoms with E-state index in [1.165, 1.54) is 18.4 Å². The van der Waals surface area contributed by atoms with E-state index in [-0.39, 0.29) is 5.78 Å². The van der Waals surface area contributed by atoms with Crippen LogP contribution in [0.25, 0.3) is 0 Å². The van der Waals surface area contributed by atoms with Crippen LogP contribution in [0.3, 0.4) is 0 Å². The number of nitriles is 1. The van der Waals surface area contributed by atoms with Crippen LogP contribution in [0.1, 0.15) is 21.5 Å². The minimum Gasteiger partial charge on any atom is -0.496 e.